The van der Waals surface area contributed by atoms with E-state index in [4.69, 9.17) is 0 Å². The van der Waals surface area contributed by atoms with E-state index >= 15 is 0 Å². The van der Waals surface area contributed by atoms with E-state index in [-0.39, 0.29) is 0 Å². The Kier molecular flexibility index (Phi) is 4.44. The van der Waals surface area contributed by atoms with Crippen LogP contribution in [0.2, 0.25) is 36.3 Å². The zero-order valence-electron chi connectivity index (χ0n) is 17.0. The second kappa shape index (κ2) is 5.45. The number of benzene rings is 1. The molecular formula is C21H36Si2. The van der Waals surface area contributed by atoms with Gasteiger partial charge in [0.15, 0.2) is 0 Å². The third-order valence-electron chi connectivity index (χ3n) is 7.18. The molecule has 0 saturated carbocycles. The molecule has 1 atom stereocenters. The second-order valence-corrected chi connectivity index (χ2v) is 21.4. The average Bonchev–Trinajstić information content (AvgIpc) is 2.76. The molecule has 1 aromatic carbocycles. The first-order valence-electron chi connectivity index (χ1n) is 9.02. The lowest BCUT2D eigenvalue weighted by Crippen LogP contribution is -2.50. The highest BCUT2D eigenvalue weighted by Gasteiger charge is 2.52. The monoisotopic (exact) mass is 344 g/mol. The molecule has 1 aromatic rings. The van der Waals surface area contributed by atoms with Crippen molar-refractivity contribution in [2.24, 2.45) is 0 Å². The van der Waals surface area contributed by atoms with Gasteiger partial charge >= 0.3 is 0 Å². The lowest BCUT2D eigenvalue weighted by molar-refractivity contribution is 0.696. The number of allylic oxidation sites excluding steroid dienone is 1. The Hall–Kier alpha value is -0.606. The van der Waals surface area contributed by atoms with Crippen LogP contribution in [0.1, 0.15) is 58.2 Å². The Morgan fingerprint density at radius 2 is 1.30 bits per heavy atom. The van der Waals surface area contributed by atoms with Crippen molar-refractivity contribution in [2.45, 2.75) is 83.3 Å². The van der Waals surface area contributed by atoms with E-state index in [0.29, 0.717) is 15.6 Å². The first-order valence-corrected chi connectivity index (χ1v) is 15.1. The molecule has 23 heavy (non-hydrogen) atoms. The van der Waals surface area contributed by atoms with E-state index in [9.17, 15) is 0 Å². The number of hydrogen-bond acceptors (Lipinski definition) is 0. The summed E-state index contributed by atoms with van der Waals surface area (Å²) < 4.78 is 0. The van der Waals surface area contributed by atoms with Crippen LogP contribution in [-0.2, 0) is 0 Å². The van der Waals surface area contributed by atoms with Gasteiger partial charge in [0, 0.05) is 0 Å². The van der Waals surface area contributed by atoms with Gasteiger partial charge in [-0.05, 0) is 26.7 Å². The molecule has 0 bridgehead atoms. The molecule has 2 heteroatoms. The maximum atomic E-state index is 2.61. The van der Waals surface area contributed by atoms with E-state index in [0.717, 1.165) is 0 Å². The molecule has 0 amide bonds. The van der Waals surface area contributed by atoms with Gasteiger partial charge in [-0.2, -0.15) is 0 Å². The van der Waals surface area contributed by atoms with Gasteiger partial charge in [-0.1, -0.05) is 103 Å². The van der Waals surface area contributed by atoms with Crippen molar-refractivity contribution in [3.05, 3.63) is 40.6 Å². The number of fused-ring (bicyclic) bond motifs is 1. The molecule has 0 spiro atoms. The van der Waals surface area contributed by atoms with Crippen LogP contribution < -0.4 is 0 Å². The Bertz CT molecular complexity index is 622. The fourth-order valence-electron chi connectivity index (χ4n) is 3.51. The van der Waals surface area contributed by atoms with Gasteiger partial charge in [0.05, 0.1) is 16.1 Å². The molecule has 1 aliphatic carbocycles. The van der Waals surface area contributed by atoms with Gasteiger partial charge in [0.2, 0.25) is 0 Å². The largest absolute Gasteiger partial charge is 0.0812 e. The van der Waals surface area contributed by atoms with Crippen LogP contribution in [0.15, 0.2) is 29.5 Å². The first-order chi connectivity index (χ1) is 10.2. The maximum absolute atomic E-state index is 2.61. The molecule has 0 heterocycles. The van der Waals surface area contributed by atoms with Crippen LogP contribution in [0, 0.1) is 0 Å². The van der Waals surface area contributed by atoms with Gasteiger partial charge in [-0.25, -0.2) is 0 Å². The van der Waals surface area contributed by atoms with E-state index in [2.05, 4.69) is 98.1 Å². The minimum Gasteiger partial charge on any atom is -0.0750 e. The van der Waals surface area contributed by atoms with Crippen LogP contribution in [0.25, 0.3) is 6.08 Å². The van der Waals surface area contributed by atoms with Crippen molar-refractivity contribution in [3.63, 3.8) is 0 Å². The molecule has 0 radical (unpaired) electrons. The van der Waals surface area contributed by atoms with Gasteiger partial charge in [-0.3, -0.25) is 0 Å². The van der Waals surface area contributed by atoms with Crippen molar-refractivity contribution in [1.82, 2.24) is 0 Å². The Balaban J connectivity index is 2.68. The third kappa shape index (κ3) is 2.93. The first kappa shape index (κ1) is 18.7. The summed E-state index contributed by atoms with van der Waals surface area (Å²) in [4.78, 5) is 0. The lowest BCUT2D eigenvalue weighted by atomic mass is 10.1. The normalized spacial score (nSPS) is 19.6. The highest BCUT2D eigenvalue weighted by Crippen LogP contribution is 2.56. The minimum absolute atomic E-state index is 0.390. The molecule has 0 saturated heterocycles. The quantitative estimate of drug-likeness (QED) is 0.495. The predicted molar refractivity (Wildman–Crippen MR) is 112 cm³/mol. The van der Waals surface area contributed by atoms with Gasteiger partial charge < -0.3 is 0 Å². The van der Waals surface area contributed by atoms with Crippen molar-refractivity contribution in [2.75, 3.05) is 0 Å². The molecule has 0 nitrogen and oxygen atoms in total. The summed E-state index contributed by atoms with van der Waals surface area (Å²) in [6.07, 6.45) is 2.58. The summed E-state index contributed by atoms with van der Waals surface area (Å²) in [6.45, 7) is 25.1. The third-order valence-corrected chi connectivity index (χ3v) is 19.0. The fourth-order valence-corrected chi connectivity index (χ4v) is 10.7. The SMILES string of the molecule is CC(C)(C)[Si](C)(C)C1=Cc2ccccc2C1[Si](C)(C)C(C)(C)C. The maximum Gasteiger partial charge on any atom is 0.0812 e. The highest BCUT2D eigenvalue weighted by molar-refractivity contribution is 6.92. The molecule has 0 aliphatic heterocycles. The Morgan fingerprint density at radius 1 is 0.783 bits per heavy atom. The van der Waals surface area contributed by atoms with E-state index in [1.807, 2.05) is 0 Å². The lowest BCUT2D eigenvalue weighted by Gasteiger charge is -2.49. The number of hydrogen-bond donors (Lipinski definition) is 0. The summed E-state index contributed by atoms with van der Waals surface area (Å²) in [5.41, 5.74) is 3.78. The second-order valence-electron chi connectivity index (χ2n) is 10.5. The van der Waals surface area contributed by atoms with E-state index < -0.39 is 16.1 Å². The molecule has 0 N–H and O–H groups in total. The van der Waals surface area contributed by atoms with Gasteiger partial charge in [0.25, 0.3) is 0 Å². The molecule has 1 unspecified atom stereocenters. The molecule has 0 aromatic heterocycles. The van der Waals surface area contributed by atoms with Crippen molar-refractivity contribution >= 4 is 22.2 Å². The van der Waals surface area contributed by atoms with Crippen molar-refractivity contribution in [1.29, 1.82) is 0 Å². The van der Waals surface area contributed by atoms with E-state index in [1.54, 1.807) is 10.8 Å². The summed E-state index contributed by atoms with van der Waals surface area (Å²) in [7, 11) is -3.03. The minimum atomic E-state index is -1.53. The van der Waals surface area contributed by atoms with Crippen LogP contribution in [-0.4, -0.2) is 16.1 Å². The predicted octanol–water partition coefficient (Wildman–Crippen LogP) is 7.26. The standard InChI is InChI=1S/C21H36Si2/c1-20(2,3)22(7,8)18-15-16-13-11-12-14-17(16)19(18)23(9,10)21(4,5)6/h11-15,19H,1-10H3. The van der Waals surface area contributed by atoms with Crippen LogP contribution >= 0.6 is 0 Å². The summed E-state index contributed by atoms with van der Waals surface area (Å²) in [5, 5.41) is 2.59. The Morgan fingerprint density at radius 3 is 1.78 bits per heavy atom. The van der Waals surface area contributed by atoms with Gasteiger partial charge in [-0.15, -0.1) is 0 Å². The fraction of sp³-hybridized carbons (Fsp3) is 0.619. The smallest absolute Gasteiger partial charge is 0.0750 e. The van der Waals surface area contributed by atoms with Crippen LogP contribution in [0.3, 0.4) is 0 Å². The zero-order valence-corrected chi connectivity index (χ0v) is 19.0. The van der Waals surface area contributed by atoms with Crippen LogP contribution in [0.5, 0.6) is 0 Å². The molecule has 128 valence electrons. The molecule has 1 aliphatic rings. The topological polar surface area (TPSA) is 0 Å². The zero-order chi connectivity index (χ0) is 17.8. The highest BCUT2D eigenvalue weighted by atomic mass is 28.3. The van der Waals surface area contributed by atoms with Crippen molar-refractivity contribution < 1.29 is 0 Å². The van der Waals surface area contributed by atoms with Crippen molar-refractivity contribution in [3.8, 4) is 0 Å². The Labute approximate surface area is 146 Å². The summed E-state index contributed by atoms with van der Waals surface area (Å²) >= 11 is 0. The van der Waals surface area contributed by atoms with Gasteiger partial charge in [0.1, 0.15) is 0 Å². The van der Waals surface area contributed by atoms with E-state index in [1.165, 1.54) is 5.56 Å². The molecule has 0 fully saturated rings. The van der Waals surface area contributed by atoms with Crippen LogP contribution in [0.4, 0.5) is 0 Å². The summed E-state index contributed by atoms with van der Waals surface area (Å²) in [6, 6.07) is 9.17. The summed E-state index contributed by atoms with van der Waals surface area (Å²) in [5.74, 6) is 0. The molecular weight excluding hydrogens is 308 g/mol. The molecule has 2 rings (SSSR count). The number of rotatable bonds is 2. The average molecular weight is 345 g/mol.